The molecule has 0 atom stereocenters. The normalized spacial score (nSPS) is 12.6. The van der Waals surface area contributed by atoms with Crippen LogP contribution in [0.5, 0.6) is 0 Å². The highest BCUT2D eigenvalue weighted by molar-refractivity contribution is 5.95. The van der Waals surface area contributed by atoms with Crippen LogP contribution in [0.3, 0.4) is 0 Å². The van der Waals surface area contributed by atoms with Crippen molar-refractivity contribution in [3.63, 3.8) is 0 Å². The highest BCUT2D eigenvalue weighted by Crippen LogP contribution is 2.30. The van der Waals surface area contributed by atoms with E-state index in [9.17, 15) is 14.4 Å². The number of nitrogens with two attached hydrogens (primary N) is 1. The van der Waals surface area contributed by atoms with E-state index in [1.807, 2.05) is 6.07 Å². The summed E-state index contributed by atoms with van der Waals surface area (Å²) in [7, 11) is 0. The minimum Gasteiger partial charge on any atom is -0.464 e. The van der Waals surface area contributed by atoms with Gasteiger partial charge in [-0.3, -0.25) is 14.4 Å². The summed E-state index contributed by atoms with van der Waals surface area (Å²) in [5, 5.41) is 3.51. The maximum Gasteiger partial charge on any atom is 0.310 e. The van der Waals surface area contributed by atoms with Gasteiger partial charge in [0.1, 0.15) is 5.58 Å². The average Bonchev–Trinajstić information content (AvgIpc) is 3.31. The van der Waals surface area contributed by atoms with Crippen LogP contribution in [0.25, 0.3) is 11.0 Å². The Hall–Kier alpha value is -3.61. The summed E-state index contributed by atoms with van der Waals surface area (Å²) in [6.07, 6.45) is 4.85. The smallest absolute Gasteiger partial charge is 0.310 e. The van der Waals surface area contributed by atoms with E-state index in [1.165, 1.54) is 23.3 Å². The fourth-order valence-electron chi connectivity index (χ4n) is 3.55. The first kappa shape index (κ1) is 18.7. The van der Waals surface area contributed by atoms with E-state index >= 15 is 0 Å². The zero-order valence-electron chi connectivity index (χ0n) is 15.7. The molecule has 0 saturated carbocycles. The lowest BCUT2D eigenvalue weighted by Gasteiger charge is -2.07. The van der Waals surface area contributed by atoms with Gasteiger partial charge in [-0.1, -0.05) is 0 Å². The van der Waals surface area contributed by atoms with Crippen LogP contribution in [0, 0.1) is 0 Å². The van der Waals surface area contributed by atoms with Gasteiger partial charge in [-0.15, -0.1) is 0 Å². The van der Waals surface area contributed by atoms with Gasteiger partial charge in [0.25, 0.3) is 5.91 Å². The molecule has 0 radical (unpaired) electrons. The van der Waals surface area contributed by atoms with Crippen LogP contribution in [0.2, 0.25) is 0 Å². The summed E-state index contributed by atoms with van der Waals surface area (Å²) in [6.45, 7) is -0.401. The van der Waals surface area contributed by atoms with Crippen molar-refractivity contribution >= 4 is 34.4 Å². The minimum absolute atomic E-state index is 0.0341. The molecule has 148 valence electrons. The van der Waals surface area contributed by atoms with Gasteiger partial charge in [-0.25, -0.2) is 0 Å². The summed E-state index contributed by atoms with van der Waals surface area (Å²) in [5.41, 5.74) is 10.1. The SMILES string of the molecule is NC(=O)c1ccc(NC(=O)COC(=O)Cc2coc3cc4c(cc23)CCC4)cc1. The van der Waals surface area contributed by atoms with Crippen LogP contribution in [0.1, 0.15) is 33.5 Å². The Morgan fingerprint density at radius 2 is 1.79 bits per heavy atom. The van der Waals surface area contributed by atoms with Crippen molar-refractivity contribution in [2.45, 2.75) is 25.7 Å². The number of primary amides is 1. The molecule has 0 fully saturated rings. The molecular formula is C22H20N2O5. The lowest BCUT2D eigenvalue weighted by Crippen LogP contribution is -2.21. The molecule has 0 bridgehead atoms. The molecule has 0 saturated heterocycles. The molecule has 0 spiro atoms. The van der Waals surface area contributed by atoms with E-state index in [-0.39, 0.29) is 6.42 Å². The lowest BCUT2D eigenvalue weighted by molar-refractivity contribution is -0.146. The van der Waals surface area contributed by atoms with Crippen LogP contribution in [-0.4, -0.2) is 24.4 Å². The van der Waals surface area contributed by atoms with E-state index in [4.69, 9.17) is 14.9 Å². The predicted octanol–water partition coefficient (Wildman–Crippen LogP) is 2.74. The average molecular weight is 392 g/mol. The summed E-state index contributed by atoms with van der Waals surface area (Å²) in [5.74, 6) is -1.53. The van der Waals surface area contributed by atoms with E-state index < -0.39 is 24.4 Å². The molecule has 3 N–H and O–H groups in total. The maximum absolute atomic E-state index is 12.2. The third-order valence-electron chi connectivity index (χ3n) is 5.02. The summed E-state index contributed by atoms with van der Waals surface area (Å²) < 4.78 is 10.7. The first-order valence-corrected chi connectivity index (χ1v) is 9.37. The molecule has 2 amide bonds. The number of anilines is 1. The Kier molecular flexibility index (Phi) is 5.03. The molecule has 7 nitrogen and oxygen atoms in total. The molecule has 2 aromatic carbocycles. The molecular weight excluding hydrogens is 372 g/mol. The minimum atomic E-state index is -0.548. The number of fused-ring (bicyclic) bond motifs is 2. The third-order valence-corrected chi connectivity index (χ3v) is 5.02. The van der Waals surface area contributed by atoms with Crippen LogP contribution in [0.15, 0.2) is 47.1 Å². The van der Waals surface area contributed by atoms with Gasteiger partial charge in [0, 0.05) is 22.2 Å². The monoisotopic (exact) mass is 392 g/mol. The highest BCUT2D eigenvalue weighted by Gasteiger charge is 2.17. The lowest BCUT2D eigenvalue weighted by atomic mass is 10.0. The molecule has 29 heavy (non-hydrogen) atoms. The Bertz CT molecular complexity index is 1100. The number of hydrogen-bond acceptors (Lipinski definition) is 5. The predicted molar refractivity (Wildman–Crippen MR) is 106 cm³/mol. The van der Waals surface area contributed by atoms with E-state index in [1.54, 1.807) is 18.4 Å². The molecule has 7 heteroatoms. The van der Waals surface area contributed by atoms with Crippen molar-refractivity contribution in [2.75, 3.05) is 11.9 Å². The van der Waals surface area contributed by atoms with Crippen LogP contribution >= 0.6 is 0 Å². The number of esters is 1. The number of rotatable bonds is 6. The number of aryl methyl sites for hydroxylation is 2. The molecule has 1 aliphatic carbocycles. The van der Waals surface area contributed by atoms with Crippen molar-refractivity contribution in [2.24, 2.45) is 5.73 Å². The van der Waals surface area contributed by atoms with E-state index in [2.05, 4.69) is 11.4 Å². The number of benzene rings is 2. The Labute approximate surface area is 166 Å². The van der Waals surface area contributed by atoms with Crippen molar-refractivity contribution in [3.05, 3.63) is 64.9 Å². The first-order chi connectivity index (χ1) is 14.0. The number of carbonyl (C=O) groups excluding carboxylic acids is 3. The van der Waals surface area contributed by atoms with Gasteiger partial charge in [-0.05, 0) is 66.8 Å². The van der Waals surface area contributed by atoms with Gasteiger partial charge in [0.05, 0.1) is 12.7 Å². The topological polar surface area (TPSA) is 112 Å². The van der Waals surface area contributed by atoms with Gasteiger partial charge >= 0.3 is 5.97 Å². The Morgan fingerprint density at radius 3 is 2.52 bits per heavy atom. The summed E-state index contributed by atoms with van der Waals surface area (Å²) in [4.78, 5) is 35.2. The van der Waals surface area contributed by atoms with Crippen LogP contribution in [0.4, 0.5) is 5.69 Å². The van der Waals surface area contributed by atoms with Crippen molar-refractivity contribution in [3.8, 4) is 0 Å². The summed E-state index contributed by atoms with van der Waals surface area (Å²) in [6, 6.07) is 10.2. The quantitative estimate of drug-likeness (QED) is 0.627. The number of furan rings is 1. The first-order valence-electron chi connectivity index (χ1n) is 9.37. The number of amides is 2. The Balaban J connectivity index is 1.32. The second-order valence-electron chi connectivity index (χ2n) is 7.06. The van der Waals surface area contributed by atoms with Crippen molar-refractivity contribution in [1.29, 1.82) is 0 Å². The number of ether oxygens (including phenoxy) is 1. The highest BCUT2D eigenvalue weighted by atomic mass is 16.5. The second kappa shape index (κ2) is 7.79. The zero-order chi connectivity index (χ0) is 20.4. The molecule has 1 heterocycles. The van der Waals surface area contributed by atoms with Crippen LogP contribution in [-0.2, 0) is 33.6 Å². The maximum atomic E-state index is 12.2. The molecule has 0 aliphatic heterocycles. The fourth-order valence-corrected chi connectivity index (χ4v) is 3.55. The van der Waals surface area contributed by atoms with Crippen molar-refractivity contribution < 1.29 is 23.5 Å². The number of nitrogens with one attached hydrogen (secondary N) is 1. The number of hydrogen-bond donors (Lipinski definition) is 2. The summed E-state index contributed by atoms with van der Waals surface area (Å²) >= 11 is 0. The number of carbonyl (C=O) groups is 3. The van der Waals surface area contributed by atoms with Gasteiger partial charge in [0.15, 0.2) is 6.61 Å². The molecule has 1 aliphatic rings. The molecule has 4 rings (SSSR count). The van der Waals surface area contributed by atoms with E-state index in [0.29, 0.717) is 11.3 Å². The van der Waals surface area contributed by atoms with Gasteiger partial charge < -0.3 is 20.2 Å². The zero-order valence-corrected chi connectivity index (χ0v) is 15.7. The molecule has 3 aromatic rings. The molecule has 0 unspecified atom stereocenters. The Morgan fingerprint density at radius 1 is 1.07 bits per heavy atom. The second-order valence-corrected chi connectivity index (χ2v) is 7.06. The van der Waals surface area contributed by atoms with Gasteiger partial charge in [0.2, 0.25) is 5.91 Å². The van der Waals surface area contributed by atoms with Crippen LogP contribution < -0.4 is 11.1 Å². The standard InChI is InChI=1S/C22H20N2O5/c23-22(27)13-4-6-17(7-5-13)24-20(25)12-29-21(26)10-16-11-28-19-9-15-3-1-2-14(15)8-18(16)19/h4-9,11H,1-3,10,12H2,(H2,23,27)(H,24,25). The molecule has 1 aromatic heterocycles. The van der Waals surface area contributed by atoms with E-state index in [0.717, 1.165) is 35.8 Å². The largest absolute Gasteiger partial charge is 0.464 e. The fraction of sp³-hybridized carbons (Fsp3) is 0.227. The van der Waals surface area contributed by atoms with Crippen molar-refractivity contribution in [1.82, 2.24) is 0 Å². The third kappa shape index (κ3) is 4.13. The van der Waals surface area contributed by atoms with Gasteiger partial charge in [-0.2, -0.15) is 0 Å².